The van der Waals surface area contributed by atoms with E-state index in [2.05, 4.69) is 5.32 Å². The summed E-state index contributed by atoms with van der Waals surface area (Å²) in [7, 11) is 0. The molecule has 32 heavy (non-hydrogen) atoms. The minimum absolute atomic E-state index is 0.0147. The number of hydrogen-bond acceptors (Lipinski definition) is 6. The molecule has 1 heterocycles. The van der Waals surface area contributed by atoms with E-state index in [1.165, 1.54) is 23.1 Å². The number of rotatable bonds is 8. The zero-order chi connectivity index (χ0) is 23.3. The van der Waals surface area contributed by atoms with E-state index in [4.69, 9.17) is 4.74 Å². The zero-order valence-electron chi connectivity index (χ0n) is 17.9. The summed E-state index contributed by atoms with van der Waals surface area (Å²) in [5.41, 5.74) is 0.697. The molecule has 0 bridgehead atoms. The number of carbonyl (C=O) groups is 3. The Bertz CT molecular complexity index is 1010. The highest BCUT2D eigenvalue weighted by Crippen LogP contribution is 2.30. The average Bonchev–Trinajstić information content (AvgIpc) is 3.15. The van der Waals surface area contributed by atoms with Crippen molar-refractivity contribution in [2.75, 3.05) is 11.4 Å². The van der Waals surface area contributed by atoms with Crippen LogP contribution in [-0.2, 0) is 19.1 Å². The molecule has 1 aliphatic rings. The molecule has 1 N–H and O–H groups in total. The van der Waals surface area contributed by atoms with E-state index in [9.17, 15) is 24.5 Å². The standard InChI is InChI=1S/C23H25N3O6/c1-15(2)32-22(28)13-19(18-10-6-7-11-20(18)26(30)31)24-23(29)16-12-21(27)25(14-16)17-8-4-3-5-9-17/h3-11,15-16,19H,12-14H2,1-2H3,(H,24,29). The van der Waals surface area contributed by atoms with Crippen LogP contribution in [-0.4, -0.2) is 35.4 Å². The van der Waals surface area contributed by atoms with E-state index in [-0.39, 0.29) is 42.6 Å². The number of nitrogens with zero attached hydrogens (tertiary/aromatic N) is 2. The normalized spacial score (nSPS) is 16.7. The van der Waals surface area contributed by atoms with Crippen molar-refractivity contribution in [3.05, 3.63) is 70.3 Å². The number of hydrogen-bond donors (Lipinski definition) is 1. The lowest BCUT2D eigenvalue weighted by Gasteiger charge is -2.21. The van der Waals surface area contributed by atoms with Crippen molar-refractivity contribution >= 4 is 29.2 Å². The quantitative estimate of drug-likeness (QED) is 0.383. The second kappa shape index (κ2) is 10.0. The molecule has 2 aromatic carbocycles. The van der Waals surface area contributed by atoms with Crippen molar-refractivity contribution in [3.63, 3.8) is 0 Å². The van der Waals surface area contributed by atoms with Crippen LogP contribution in [0.15, 0.2) is 54.6 Å². The van der Waals surface area contributed by atoms with Gasteiger partial charge in [-0.25, -0.2) is 0 Å². The van der Waals surface area contributed by atoms with Crippen molar-refractivity contribution in [3.8, 4) is 0 Å². The highest BCUT2D eigenvalue weighted by Gasteiger charge is 2.37. The van der Waals surface area contributed by atoms with Crippen LogP contribution >= 0.6 is 0 Å². The number of nitro groups is 1. The SMILES string of the molecule is CC(C)OC(=O)CC(NC(=O)C1CC(=O)N(c2ccccc2)C1)c1ccccc1[N+](=O)[O-]. The van der Waals surface area contributed by atoms with Gasteiger partial charge in [-0.2, -0.15) is 0 Å². The van der Waals surface area contributed by atoms with Gasteiger partial charge < -0.3 is 15.0 Å². The van der Waals surface area contributed by atoms with Crippen molar-refractivity contribution < 1.29 is 24.0 Å². The fourth-order valence-electron chi connectivity index (χ4n) is 3.70. The van der Waals surface area contributed by atoms with E-state index in [0.717, 1.165) is 0 Å². The Morgan fingerprint density at radius 2 is 1.81 bits per heavy atom. The topological polar surface area (TPSA) is 119 Å². The molecule has 0 aliphatic carbocycles. The summed E-state index contributed by atoms with van der Waals surface area (Å²) >= 11 is 0. The van der Waals surface area contributed by atoms with Gasteiger partial charge in [0.1, 0.15) is 0 Å². The maximum atomic E-state index is 13.0. The first-order valence-corrected chi connectivity index (χ1v) is 10.3. The van der Waals surface area contributed by atoms with E-state index < -0.39 is 28.8 Å². The van der Waals surface area contributed by atoms with Gasteiger partial charge >= 0.3 is 5.97 Å². The van der Waals surface area contributed by atoms with Gasteiger partial charge in [0.25, 0.3) is 5.69 Å². The van der Waals surface area contributed by atoms with Gasteiger partial charge in [0.15, 0.2) is 0 Å². The summed E-state index contributed by atoms with van der Waals surface area (Å²) in [6, 6.07) is 14.0. The summed E-state index contributed by atoms with van der Waals surface area (Å²) < 4.78 is 5.18. The molecule has 1 aliphatic heterocycles. The molecule has 9 heteroatoms. The molecule has 2 atom stereocenters. The molecule has 0 saturated carbocycles. The van der Waals surface area contributed by atoms with Gasteiger partial charge in [-0.05, 0) is 26.0 Å². The van der Waals surface area contributed by atoms with Crippen LogP contribution < -0.4 is 10.2 Å². The number of para-hydroxylation sites is 2. The number of esters is 1. The lowest BCUT2D eigenvalue weighted by Crippen LogP contribution is -2.37. The molecule has 2 amide bonds. The van der Waals surface area contributed by atoms with Crippen LogP contribution in [0.1, 0.15) is 38.3 Å². The van der Waals surface area contributed by atoms with Crippen LogP contribution in [0.3, 0.4) is 0 Å². The van der Waals surface area contributed by atoms with Crippen LogP contribution in [0.25, 0.3) is 0 Å². The van der Waals surface area contributed by atoms with Gasteiger partial charge in [-0.3, -0.25) is 24.5 Å². The molecule has 1 saturated heterocycles. The summed E-state index contributed by atoms with van der Waals surface area (Å²) in [5, 5.41) is 14.2. The molecule has 2 aromatic rings. The van der Waals surface area contributed by atoms with E-state index in [1.54, 1.807) is 44.2 Å². The molecule has 1 fully saturated rings. The van der Waals surface area contributed by atoms with Crippen LogP contribution in [0.4, 0.5) is 11.4 Å². The Hall–Kier alpha value is -3.75. The largest absolute Gasteiger partial charge is 0.463 e. The number of benzene rings is 2. The highest BCUT2D eigenvalue weighted by molar-refractivity contribution is 6.00. The fourth-order valence-corrected chi connectivity index (χ4v) is 3.70. The number of nitrogens with one attached hydrogen (secondary N) is 1. The third kappa shape index (κ3) is 5.48. The van der Waals surface area contributed by atoms with Crippen LogP contribution in [0, 0.1) is 16.0 Å². The predicted octanol–water partition coefficient (Wildman–Crippen LogP) is 3.15. The van der Waals surface area contributed by atoms with E-state index in [0.29, 0.717) is 5.69 Å². The third-order valence-corrected chi connectivity index (χ3v) is 5.13. The number of anilines is 1. The molecule has 0 aromatic heterocycles. The molecule has 0 radical (unpaired) electrons. The molecule has 2 unspecified atom stereocenters. The van der Waals surface area contributed by atoms with Crippen molar-refractivity contribution in [1.82, 2.24) is 5.32 Å². The Kier molecular flexibility index (Phi) is 7.19. The maximum absolute atomic E-state index is 13.0. The Balaban J connectivity index is 1.80. The molecular weight excluding hydrogens is 414 g/mol. The van der Waals surface area contributed by atoms with Gasteiger partial charge in [0, 0.05) is 24.7 Å². The summed E-state index contributed by atoms with van der Waals surface area (Å²) in [4.78, 5) is 50.3. The summed E-state index contributed by atoms with van der Waals surface area (Å²) in [6.45, 7) is 3.58. The minimum atomic E-state index is -0.962. The monoisotopic (exact) mass is 439 g/mol. The molecule has 9 nitrogen and oxygen atoms in total. The van der Waals surface area contributed by atoms with E-state index in [1.807, 2.05) is 6.07 Å². The lowest BCUT2D eigenvalue weighted by atomic mass is 9.99. The van der Waals surface area contributed by atoms with Gasteiger partial charge in [-0.1, -0.05) is 36.4 Å². The first kappa shape index (κ1) is 22.9. The maximum Gasteiger partial charge on any atom is 0.308 e. The predicted molar refractivity (Wildman–Crippen MR) is 117 cm³/mol. The van der Waals surface area contributed by atoms with Crippen molar-refractivity contribution in [2.45, 2.75) is 38.8 Å². The summed E-state index contributed by atoms with van der Waals surface area (Å²) in [6.07, 6.45) is -0.616. The fraction of sp³-hybridized carbons (Fsp3) is 0.348. The van der Waals surface area contributed by atoms with Crippen molar-refractivity contribution in [1.29, 1.82) is 0 Å². The van der Waals surface area contributed by atoms with Gasteiger partial charge in [0.05, 0.1) is 35.0 Å². The second-order valence-electron chi connectivity index (χ2n) is 7.86. The highest BCUT2D eigenvalue weighted by atomic mass is 16.6. The minimum Gasteiger partial charge on any atom is -0.463 e. The summed E-state index contributed by atoms with van der Waals surface area (Å²) in [5.74, 6) is -1.86. The Morgan fingerprint density at radius 1 is 1.16 bits per heavy atom. The van der Waals surface area contributed by atoms with Gasteiger partial charge in [0.2, 0.25) is 11.8 Å². The van der Waals surface area contributed by atoms with Crippen LogP contribution in [0.5, 0.6) is 0 Å². The number of ether oxygens (including phenoxy) is 1. The number of amides is 2. The van der Waals surface area contributed by atoms with Crippen molar-refractivity contribution in [2.24, 2.45) is 5.92 Å². The first-order valence-electron chi connectivity index (χ1n) is 10.3. The zero-order valence-corrected chi connectivity index (χ0v) is 17.9. The van der Waals surface area contributed by atoms with Gasteiger partial charge in [-0.15, -0.1) is 0 Å². The first-order chi connectivity index (χ1) is 15.3. The average molecular weight is 439 g/mol. The molecule has 168 valence electrons. The number of carbonyl (C=O) groups excluding carboxylic acids is 3. The molecule has 0 spiro atoms. The van der Waals surface area contributed by atoms with E-state index >= 15 is 0 Å². The Morgan fingerprint density at radius 3 is 2.47 bits per heavy atom. The van der Waals surface area contributed by atoms with Crippen LogP contribution in [0.2, 0.25) is 0 Å². The molecule has 3 rings (SSSR count). The second-order valence-corrected chi connectivity index (χ2v) is 7.86. The molecular formula is C23H25N3O6. The lowest BCUT2D eigenvalue weighted by molar-refractivity contribution is -0.385. The Labute approximate surface area is 185 Å². The third-order valence-electron chi connectivity index (χ3n) is 5.13. The number of nitro benzene ring substituents is 1. The smallest absolute Gasteiger partial charge is 0.308 e.